The average Bonchev–Trinajstić information content (AvgIpc) is 2.70. The molecule has 0 aromatic rings. The predicted molar refractivity (Wildman–Crippen MR) is 113 cm³/mol. The van der Waals surface area contributed by atoms with Crippen LogP contribution >= 0.6 is 0 Å². The van der Waals surface area contributed by atoms with Crippen LogP contribution in [0.1, 0.15) is 61.3 Å². The monoisotopic (exact) mass is 324 g/mol. The van der Waals surface area contributed by atoms with E-state index in [1.807, 2.05) is 0 Å². The fourth-order valence-corrected chi connectivity index (χ4v) is 3.45. The quantitative estimate of drug-likeness (QED) is 0.292. The van der Waals surface area contributed by atoms with Crippen molar-refractivity contribution in [3.8, 4) is 0 Å². The standard InChI is InChI=1S/C23H37B/c1-9-18(5)21-14-15-23(7,19(6)13-11-12-17(3)4)22(24-8)16-20(21)10-2/h11-18,21H,9-10H2,1-8H3/b12-11-,19-13+. The van der Waals surface area contributed by atoms with E-state index in [4.69, 9.17) is 0 Å². The predicted octanol–water partition coefficient (Wildman–Crippen LogP) is 6.64. The summed E-state index contributed by atoms with van der Waals surface area (Å²) in [6, 6.07) is 0. The van der Waals surface area contributed by atoms with Crippen molar-refractivity contribution >= 4 is 12.4 Å². The van der Waals surface area contributed by atoms with Gasteiger partial charge in [0.15, 0.2) is 0 Å². The summed E-state index contributed by atoms with van der Waals surface area (Å²) in [5.74, 6) is 1.85. The Morgan fingerprint density at radius 2 is 1.96 bits per heavy atom. The van der Waals surface area contributed by atoms with Gasteiger partial charge >= 0.3 is 151 Å². The third kappa shape index (κ3) is 4.95. The molecule has 0 amide bonds. The van der Waals surface area contributed by atoms with Crippen LogP contribution < -0.4 is 0 Å². The number of hydrogen-bond acceptors (Lipinski definition) is 0. The molecule has 0 nitrogen and oxygen atoms in total. The second kappa shape index (κ2) is 9.40. The summed E-state index contributed by atoms with van der Waals surface area (Å²) in [6.07, 6.45) is 16.5. The molecule has 0 aromatic carbocycles. The maximum absolute atomic E-state index is 2.48. The zero-order valence-corrected chi connectivity index (χ0v) is 17.2. The molecule has 0 aliphatic heterocycles. The molecule has 24 heavy (non-hydrogen) atoms. The first-order chi connectivity index (χ1) is 11.3. The Hall–Kier alpha value is -1.11. The van der Waals surface area contributed by atoms with Crippen LogP contribution in [0.4, 0.5) is 0 Å². The molecule has 0 heterocycles. The zero-order valence-electron chi connectivity index (χ0n) is 17.2. The van der Waals surface area contributed by atoms with Crippen LogP contribution in [-0.4, -0.2) is 12.4 Å². The van der Waals surface area contributed by atoms with Gasteiger partial charge in [-0.15, -0.1) is 0 Å². The number of allylic oxidation sites excluding steroid dienone is 8. The summed E-state index contributed by atoms with van der Waals surface area (Å²) in [7, 11) is 0. The van der Waals surface area contributed by atoms with Crippen molar-refractivity contribution in [3.63, 3.8) is 0 Å². The number of hydrogen-bond donors (Lipinski definition) is 0. The summed E-state index contributed by atoms with van der Waals surface area (Å²) in [5.41, 5.74) is 4.38. The van der Waals surface area contributed by atoms with E-state index in [1.54, 1.807) is 5.57 Å². The number of rotatable bonds is 6. The third-order valence-electron chi connectivity index (χ3n) is 5.64. The molecule has 0 bridgehead atoms. The Labute approximate surface area is 151 Å². The molecular formula is C23H37B. The van der Waals surface area contributed by atoms with Gasteiger partial charge in [0, 0.05) is 0 Å². The molecule has 1 rings (SSSR count). The van der Waals surface area contributed by atoms with Gasteiger partial charge in [-0.25, -0.2) is 0 Å². The van der Waals surface area contributed by atoms with Crippen LogP contribution in [0.25, 0.3) is 0 Å². The first-order valence-electron chi connectivity index (χ1n) is 9.72. The maximum atomic E-state index is 2.48. The van der Waals surface area contributed by atoms with E-state index >= 15 is 0 Å². The van der Waals surface area contributed by atoms with Crippen LogP contribution in [0.5, 0.6) is 0 Å². The Balaban J connectivity index is 3.35. The molecule has 0 N–H and O–H groups in total. The van der Waals surface area contributed by atoms with Gasteiger partial charge in [0.2, 0.25) is 0 Å². The molecular weight excluding hydrogens is 287 g/mol. The van der Waals surface area contributed by atoms with Crippen LogP contribution in [0.2, 0.25) is 6.82 Å². The molecule has 132 valence electrons. The van der Waals surface area contributed by atoms with Gasteiger partial charge in [-0.3, -0.25) is 0 Å². The molecule has 0 saturated heterocycles. The Morgan fingerprint density at radius 1 is 1.29 bits per heavy atom. The third-order valence-corrected chi connectivity index (χ3v) is 5.64. The molecule has 0 aromatic heterocycles. The summed E-state index contributed by atoms with van der Waals surface area (Å²) in [4.78, 5) is 0. The summed E-state index contributed by atoms with van der Waals surface area (Å²) < 4.78 is 0. The van der Waals surface area contributed by atoms with Gasteiger partial charge in [0.25, 0.3) is 0 Å². The first kappa shape index (κ1) is 20.9. The van der Waals surface area contributed by atoms with E-state index in [-0.39, 0.29) is 5.41 Å². The van der Waals surface area contributed by atoms with Gasteiger partial charge in [-0.2, -0.15) is 0 Å². The van der Waals surface area contributed by atoms with Gasteiger partial charge < -0.3 is 0 Å². The van der Waals surface area contributed by atoms with E-state index in [9.17, 15) is 0 Å². The van der Waals surface area contributed by atoms with Crippen LogP contribution in [0.3, 0.4) is 0 Å². The molecule has 0 saturated carbocycles. The van der Waals surface area contributed by atoms with E-state index < -0.39 is 0 Å². The van der Waals surface area contributed by atoms with Gasteiger partial charge in [0.1, 0.15) is 0 Å². The van der Waals surface area contributed by atoms with Gasteiger partial charge in [-0.05, 0) is 0 Å². The summed E-state index contributed by atoms with van der Waals surface area (Å²) >= 11 is 0. The topological polar surface area (TPSA) is 0 Å². The normalized spacial score (nSPS) is 28.2. The summed E-state index contributed by atoms with van der Waals surface area (Å²) in [5, 5.41) is 0. The summed E-state index contributed by atoms with van der Waals surface area (Å²) in [6.45, 7) is 20.5. The van der Waals surface area contributed by atoms with Crippen molar-refractivity contribution in [2.24, 2.45) is 23.2 Å². The zero-order chi connectivity index (χ0) is 18.3. The molecule has 3 unspecified atom stereocenters. The van der Waals surface area contributed by atoms with Crippen molar-refractivity contribution in [3.05, 3.63) is 47.6 Å². The second-order valence-corrected chi connectivity index (χ2v) is 7.77. The van der Waals surface area contributed by atoms with Crippen molar-refractivity contribution in [2.45, 2.75) is 68.1 Å². The van der Waals surface area contributed by atoms with Crippen LogP contribution in [0.15, 0.2) is 47.6 Å². The van der Waals surface area contributed by atoms with Crippen molar-refractivity contribution in [1.29, 1.82) is 0 Å². The minimum absolute atomic E-state index is 0.0152. The minimum atomic E-state index is -0.0152. The van der Waals surface area contributed by atoms with Crippen molar-refractivity contribution < 1.29 is 0 Å². The van der Waals surface area contributed by atoms with Gasteiger partial charge in [-0.1, -0.05) is 0 Å². The SMILES string of the molecule is C/B=C1/C=C(CC)C(C(C)CC)C=CC1(C)/C(C)=C/C=C\C(C)C. The average molecular weight is 324 g/mol. The van der Waals surface area contributed by atoms with Crippen LogP contribution in [-0.2, 0) is 0 Å². The molecule has 1 aliphatic rings. The Kier molecular flexibility index (Phi) is 8.20. The molecule has 1 aliphatic carbocycles. The van der Waals surface area contributed by atoms with E-state index in [0.717, 1.165) is 6.42 Å². The van der Waals surface area contributed by atoms with E-state index in [1.165, 1.54) is 17.5 Å². The fraction of sp³-hybridized carbons (Fsp3) is 0.609. The fourth-order valence-electron chi connectivity index (χ4n) is 3.45. The first-order valence-corrected chi connectivity index (χ1v) is 9.72. The van der Waals surface area contributed by atoms with Crippen LogP contribution in [0, 0.1) is 23.2 Å². The van der Waals surface area contributed by atoms with Crippen molar-refractivity contribution in [2.75, 3.05) is 0 Å². The molecule has 0 radical (unpaired) electrons. The molecule has 1 heteroatoms. The van der Waals surface area contributed by atoms with Crippen molar-refractivity contribution in [1.82, 2.24) is 0 Å². The Bertz CT molecular complexity index is 557. The second-order valence-electron chi connectivity index (χ2n) is 7.77. The van der Waals surface area contributed by atoms with E-state index in [0.29, 0.717) is 17.8 Å². The van der Waals surface area contributed by atoms with Gasteiger partial charge in [0.05, 0.1) is 0 Å². The molecule has 0 fully saturated rings. The molecule has 0 spiro atoms. The van der Waals surface area contributed by atoms with E-state index in [2.05, 4.69) is 98.7 Å². The Morgan fingerprint density at radius 3 is 2.46 bits per heavy atom. The molecule has 3 atom stereocenters.